The molecule has 0 saturated carbocycles. The van der Waals surface area contributed by atoms with Gasteiger partial charge in [0.2, 0.25) is 0 Å². The van der Waals surface area contributed by atoms with Crippen LogP contribution in [0.5, 0.6) is 0 Å². The number of rotatable bonds is 4. The Bertz CT molecular complexity index is 1040. The van der Waals surface area contributed by atoms with Crippen LogP contribution in [0.4, 0.5) is 0 Å². The fourth-order valence-electron chi connectivity index (χ4n) is 3.62. The van der Waals surface area contributed by atoms with Crippen molar-refractivity contribution >= 4 is 22.8 Å². The van der Waals surface area contributed by atoms with Crippen molar-refractivity contribution in [3.63, 3.8) is 0 Å². The summed E-state index contributed by atoms with van der Waals surface area (Å²) < 4.78 is 10.6. The molecule has 7 heteroatoms. The van der Waals surface area contributed by atoms with Crippen LogP contribution in [0, 0.1) is 0 Å². The number of fused-ring (bicyclic) bond motifs is 2. The van der Waals surface area contributed by atoms with Crippen LogP contribution in [0.25, 0.3) is 16.9 Å². The van der Waals surface area contributed by atoms with Gasteiger partial charge in [-0.05, 0) is 49.1 Å². The second-order valence-corrected chi connectivity index (χ2v) is 7.09. The van der Waals surface area contributed by atoms with Gasteiger partial charge < -0.3 is 5.32 Å². The van der Waals surface area contributed by atoms with Crippen molar-refractivity contribution in [1.29, 1.82) is 0 Å². The lowest BCUT2D eigenvalue weighted by Crippen LogP contribution is -2.25. The number of nitrogens with zero attached hydrogens (tertiary/aromatic N) is 5. The number of hydrogen-bond donors (Lipinski definition) is 1. The van der Waals surface area contributed by atoms with Gasteiger partial charge in [-0.2, -0.15) is 13.8 Å². The number of hydrogen-bond acceptors (Lipinski definition) is 6. The smallest absolute Gasteiger partial charge is 0.153 e. The first kappa shape index (κ1) is 15.6. The van der Waals surface area contributed by atoms with Crippen LogP contribution in [0.1, 0.15) is 35.7 Å². The molecule has 1 N–H and O–H groups in total. The van der Waals surface area contributed by atoms with Crippen LogP contribution in [0.15, 0.2) is 48.8 Å². The van der Waals surface area contributed by atoms with Crippen molar-refractivity contribution in [2.45, 2.75) is 31.8 Å². The van der Waals surface area contributed by atoms with Crippen LogP contribution >= 0.6 is 11.7 Å². The zero-order valence-electron chi connectivity index (χ0n) is 14.2. The van der Waals surface area contributed by atoms with E-state index in [0.29, 0.717) is 6.04 Å². The molecule has 1 aliphatic carbocycles. The molecule has 3 aromatic heterocycles. The molecular formula is C19H18N6S. The highest BCUT2D eigenvalue weighted by molar-refractivity contribution is 7.00. The summed E-state index contributed by atoms with van der Waals surface area (Å²) in [5, 5.41) is 8.30. The molecule has 0 bridgehead atoms. The Labute approximate surface area is 155 Å². The second kappa shape index (κ2) is 6.59. The van der Waals surface area contributed by atoms with Gasteiger partial charge in [-0.25, -0.2) is 9.67 Å². The Morgan fingerprint density at radius 2 is 2.12 bits per heavy atom. The van der Waals surface area contributed by atoms with Crippen molar-refractivity contribution in [2.24, 2.45) is 0 Å². The average Bonchev–Trinajstić information content (AvgIpc) is 3.33. The summed E-state index contributed by atoms with van der Waals surface area (Å²) in [5.74, 6) is 0.885. The summed E-state index contributed by atoms with van der Waals surface area (Å²) in [7, 11) is 0. The predicted octanol–water partition coefficient (Wildman–Crippen LogP) is 3.44. The quantitative estimate of drug-likeness (QED) is 0.602. The number of aromatic nitrogens is 5. The van der Waals surface area contributed by atoms with E-state index in [2.05, 4.69) is 36.3 Å². The molecule has 1 aromatic carbocycles. The highest BCUT2D eigenvalue weighted by Gasteiger charge is 2.24. The molecule has 1 atom stereocenters. The van der Waals surface area contributed by atoms with E-state index in [0.717, 1.165) is 42.7 Å². The average molecular weight is 362 g/mol. The summed E-state index contributed by atoms with van der Waals surface area (Å²) in [6, 6.07) is 12.5. The third-order valence-electron chi connectivity index (χ3n) is 4.92. The van der Waals surface area contributed by atoms with E-state index < -0.39 is 0 Å². The first-order valence-corrected chi connectivity index (χ1v) is 9.54. The maximum absolute atomic E-state index is 4.60. The number of nitrogens with one attached hydrogen (secondary N) is 1. The summed E-state index contributed by atoms with van der Waals surface area (Å²) in [6.07, 6.45) is 7.13. The van der Waals surface area contributed by atoms with Crippen molar-refractivity contribution < 1.29 is 0 Å². The van der Waals surface area contributed by atoms with Crippen LogP contribution < -0.4 is 5.32 Å². The molecule has 130 valence electrons. The van der Waals surface area contributed by atoms with Gasteiger partial charge in [-0.1, -0.05) is 12.1 Å². The van der Waals surface area contributed by atoms with Gasteiger partial charge in [0.05, 0.1) is 23.6 Å². The molecule has 0 radical (unpaired) electrons. The molecule has 0 aliphatic heterocycles. The highest BCUT2D eigenvalue weighted by Crippen LogP contribution is 2.31. The molecule has 0 fully saturated rings. The molecule has 0 amide bonds. The van der Waals surface area contributed by atoms with Crippen molar-refractivity contribution in [1.82, 2.24) is 28.8 Å². The SMILES string of the molecule is c1ccc(-n2ncc3c2CCC[C@@H]3NCc2ccc3nsnc3c2)nc1. The van der Waals surface area contributed by atoms with Crippen molar-refractivity contribution in [3.05, 3.63) is 65.6 Å². The van der Waals surface area contributed by atoms with Crippen LogP contribution in [-0.2, 0) is 13.0 Å². The third-order valence-corrected chi connectivity index (χ3v) is 5.48. The first-order chi connectivity index (χ1) is 12.9. The van der Waals surface area contributed by atoms with Gasteiger partial charge in [0.15, 0.2) is 5.82 Å². The zero-order chi connectivity index (χ0) is 17.3. The summed E-state index contributed by atoms with van der Waals surface area (Å²) >= 11 is 1.26. The topological polar surface area (TPSA) is 68.5 Å². The highest BCUT2D eigenvalue weighted by atomic mass is 32.1. The minimum Gasteiger partial charge on any atom is -0.306 e. The molecule has 1 aliphatic rings. The normalized spacial score (nSPS) is 16.7. The molecule has 0 unspecified atom stereocenters. The van der Waals surface area contributed by atoms with Crippen LogP contribution in [-0.4, -0.2) is 23.5 Å². The van der Waals surface area contributed by atoms with E-state index in [4.69, 9.17) is 0 Å². The van der Waals surface area contributed by atoms with Gasteiger partial charge in [0, 0.05) is 24.3 Å². The largest absolute Gasteiger partial charge is 0.306 e. The van der Waals surface area contributed by atoms with Crippen LogP contribution in [0.3, 0.4) is 0 Å². The lowest BCUT2D eigenvalue weighted by Gasteiger charge is -2.24. The number of pyridine rings is 1. The van der Waals surface area contributed by atoms with Gasteiger partial charge >= 0.3 is 0 Å². The lowest BCUT2D eigenvalue weighted by atomic mass is 9.92. The van der Waals surface area contributed by atoms with E-state index in [-0.39, 0.29) is 0 Å². The molecule has 5 rings (SSSR count). The first-order valence-electron chi connectivity index (χ1n) is 8.81. The predicted molar refractivity (Wildman–Crippen MR) is 101 cm³/mol. The molecule has 3 heterocycles. The molecule has 4 aromatic rings. The van der Waals surface area contributed by atoms with E-state index in [1.54, 1.807) is 0 Å². The summed E-state index contributed by atoms with van der Waals surface area (Å²) in [6.45, 7) is 0.812. The molecular weight excluding hydrogens is 344 g/mol. The Morgan fingerprint density at radius 3 is 3.04 bits per heavy atom. The maximum atomic E-state index is 4.60. The Kier molecular flexibility index (Phi) is 3.95. The Hall–Kier alpha value is -2.64. The van der Waals surface area contributed by atoms with Crippen molar-refractivity contribution in [3.8, 4) is 5.82 Å². The molecule has 6 nitrogen and oxygen atoms in total. The number of benzene rings is 1. The van der Waals surface area contributed by atoms with Gasteiger partial charge in [-0.15, -0.1) is 0 Å². The third kappa shape index (κ3) is 2.79. The summed E-state index contributed by atoms with van der Waals surface area (Å²) in [4.78, 5) is 4.44. The van der Waals surface area contributed by atoms with Gasteiger partial charge in [-0.3, -0.25) is 0 Å². The minimum absolute atomic E-state index is 0.320. The Balaban J connectivity index is 1.37. The maximum Gasteiger partial charge on any atom is 0.153 e. The fraction of sp³-hybridized carbons (Fsp3) is 0.263. The van der Waals surface area contributed by atoms with E-state index in [1.807, 2.05) is 41.3 Å². The van der Waals surface area contributed by atoms with Crippen LogP contribution in [0.2, 0.25) is 0 Å². The van der Waals surface area contributed by atoms with Crippen molar-refractivity contribution in [2.75, 3.05) is 0 Å². The zero-order valence-corrected chi connectivity index (χ0v) is 15.0. The fourth-order valence-corrected chi connectivity index (χ4v) is 4.14. The monoisotopic (exact) mass is 362 g/mol. The lowest BCUT2D eigenvalue weighted by molar-refractivity contribution is 0.454. The molecule has 0 spiro atoms. The van der Waals surface area contributed by atoms with E-state index in [9.17, 15) is 0 Å². The standard InChI is InChI=1S/C19H18N6S/c1-2-9-20-19(6-1)25-18-5-3-4-15(14(18)12-22-25)21-11-13-7-8-16-17(10-13)24-26-23-16/h1-2,6-10,12,15,21H,3-5,11H2/t15-/m0/s1. The Morgan fingerprint density at radius 1 is 1.15 bits per heavy atom. The molecule has 26 heavy (non-hydrogen) atoms. The summed E-state index contributed by atoms with van der Waals surface area (Å²) in [5.41, 5.74) is 5.73. The van der Waals surface area contributed by atoms with Gasteiger partial charge in [0.1, 0.15) is 11.0 Å². The van der Waals surface area contributed by atoms with E-state index in [1.165, 1.54) is 28.5 Å². The molecule has 0 saturated heterocycles. The minimum atomic E-state index is 0.320. The van der Waals surface area contributed by atoms with E-state index >= 15 is 0 Å². The second-order valence-electron chi connectivity index (χ2n) is 6.56. The van der Waals surface area contributed by atoms with Gasteiger partial charge in [0.25, 0.3) is 0 Å².